The summed E-state index contributed by atoms with van der Waals surface area (Å²) in [4.78, 5) is 10.2. The number of H-pyrrole nitrogens is 1. The van der Waals surface area contributed by atoms with Crippen molar-refractivity contribution in [1.29, 1.82) is 0 Å². The number of thiocarbonyl (C=S) groups is 1. The summed E-state index contributed by atoms with van der Waals surface area (Å²) >= 11 is 9.30. The molecular weight excluding hydrogens is 408 g/mol. The molecule has 1 aliphatic rings. The minimum atomic E-state index is -0.0225. The number of benzene rings is 1. The van der Waals surface area contributed by atoms with E-state index < -0.39 is 0 Å². The number of aryl methyl sites for hydroxylation is 2. The van der Waals surface area contributed by atoms with Crippen LogP contribution in [-0.4, -0.2) is 15.1 Å². The normalized spacial score (nSPS) is 19.7. The zero-order valence-electron chi connectivity index (χ0n) is 14.5. The molecule has 1 aromatic carbocycles. The van der Waals surface area contributed by atoms with Gasteiger partial charge in [-0.3, -0.25) is 4.98 Å². The number of halogens is 1. The highest BCUT2D eigenvalue weighted by atomic mass is 79.9. The summed E-state index contributed by atoms with van der Waals surface area (Å²) in [5, 5.41) is 4.18. The van der Waals surface area contributed by atoms with Crippen molar-refractivity contribution in [1.82, 2.24) is 15.3 Å². The van der Waals surface area contributed by atoms with E-state index in [1.54, 1.807) is 0 Å². The number of pyridine rings is 1. The summed E-state index contributed by atoms with van der Waals surface area (Å²) in [5.41, 5.74) is 5.46. The predicted molar refractivity (Wildman–Crippen MR) is 112 cm³/mol. The zero-order chi connectivity index (χ0) is 18.3. The maximum absolute atomic E-state index is 5.72. The Labute approximate surface area is 166 Å². The van der Waals surface area contributed by atoms with Crippen molar-refractivity contribution in [2.24, 2.45) is 0 Å². The van der Waals surface area contributed by atoms with Gasteiger partial charge in [-0.15, -0.1) is 0 Å². The van der Waals surface area contributed by atoms with E-state index in [9.17, 15) is 0 Å². The Morgan fingerprint density at radius 2 is 1.96 bits per heavy atom. The Kier molecular flexibility index (Phi) is 4.54. The van der Waals surface area contributed by atoms with Gasteiger partial charge in [0, 0.05) is 27.7 Å². The van der Waals surface area contributed by atoms with Crippen LogP contribution in [0.25, 0.3) is 0 Å². The van der Waals surface area contributed by atoms with E-state index in [2.05, 4.69) is 80.3 Å². The lowest BCUT2D eigenvalue weighted by atomic mass is 10.0. The Balaban J connectivity index is 1.83. The molecule has 132 valence electrons. The van der Waals surface area contributed by atoms with Gasteiger partial charge in [-0.1, -0.05) is 22.0 Å². The lowest BCUT2D eigenvalue weighted by Gasteiger charge is -2.27. The molecule has 0 saturated carbocycles. The van der Waals surface area contributed by atoms with Crippen molar-refractivity contribution in [2.75, 3.05) is 4.90 Å². The molecule has 2 aromatic heterocycles. The van der Waals surface area contributed by atoms with Crippen molar-refractivity contribution in [2.45, 2.75) is 25.9 Å². The third kappa shape index (κ3) is 3.04. The predicted octanol–water partition coefficient (Wildman–Crippen LogP) is 4.97. The summed E-state index contributed by atoms with van der Waals surface area (Å²) in [7, 11) is 0. The van der Waals surface area contributed by atoms with E-state index in [0.717, 1.165) is 27.2 Å². The average Bonchev–Trinajstić information content (AvgIpc) is 3.21. The van der Waals surface area contributed by atoms with Crippen LogP contribution in [0.4, 0.5) is 5.69 Å². The molecule has 2 N–H and O–H groups in total. The van der Waals surface area contributed by atoms with Gasteiger partial charge in [0.05, 0.1) is 11.7 Å². The van der Waals surface area contributed by atoms with Crippen molar-refractivity contribution in [3.63, 3.8) is 0 Å². The molecule has 2 atom stereocenters. The second-order valence-corrected chi connectivity index (χ2v) is 7.77. The molecule has 1 fully saturated rings. The highest BCUT2D eigenvalue weighted by Gasteiger charge is 2.41. The first-order valence-corrected chi connectivity index (χ1v) is 9.67. The van der Waals surface area contributed by atoms with E-state index in [1.807, 2.05) is 24.4 Å². The van der Waals surface area contributed by atoms with E-state index in [1.165, 1.54) is 5.56 Å². The summed E-state index contributed by atoms with van der Waals surface area (Å²) in [6.07, 6.45) is 1.82. The molecule has 4 rings (SSSR count). The van der Waals surface area contributed by atoms with Gasteiger partial charge in [0.15, 0.2) is 5.11 Å². The van der Waals surface area contributed by atoms with Gasteiger partial charge < -0.3 is 15.2 Å². The first kappa shape index (κ1) is 17.2. The third-order valence-corrected chi connectivity index (χ3v) is 5.90. The average molecular weight is 427 g/mol. The number of hydrogen-bond donors (Lipinski definition) is 2. The fraction of sp³-hybridized carbons (Fsp3) is 0.200. The zero-order valence-corrected chi connectivity index (χ0v) is 16.9. The molecule has 4 nitrogen and oxygen atoms in total. The fourth-order valence-corrected chi connectivity index (χ4v) is 4.02. The summed E-state index contributed by atoms with van der Waals surface area (Å²) in [5.74, 6) is 0. The molecule has 0 bridgehead atoms. The SMILES string of the molecule is Cc1ccc(C2C(c3ccccn3)NC(=S)N2c2ccc(Br)c(C)c2)[nH]1. The van der Waals surface area contributed by atoms with Gasteiger partial charge in [0.2, 0.25) is 0 Å². The number of aromatic nitrogens is 2. The van der Waals surface area contributed by atoms with Crippen molar-refractivity contribution in [3.05, 3.63) is 81.8 Å². The monoisotopic (exact) mass is 426 g/mol. The molecule has 0 spiro atoms. The lowest BCUT2D eigenvalue weighted by molar-refractivity contribution is 0.558. The maximum Gasteiger partial charge on any atom is 0.174 e. The van der Waals surface area contributed by atoms with Crippen LogP contribution in [0, 0.1) is 13.8 Å². The molecule has 26 heavy (non-hydrogen) atoms. The van der Waals surface area contributed by atoms with Gasteiger partial charge >= 0.3 is 0 Å². The number of anilines is 1. The van der Waals surface area contributed by atoms with Gasteiger partial charge in [0.25, 0.3) is 0 Å². The first-order chi connectivity index (χ1) is 12.5. The van der Waals surface area contributed by atoms with Gasteiger partial charge in [-0.05, 0) is 74.1 Å². The Hall–Kier alpha value is -2.18. The fourth-order valence-electron chi connectivity index (χ4n) is 3.43. The molecule has 3 heterocycles. The minimum Gasteiger partial charge on any atom is -0.361 e. The Morgan fingerprint density at radius 1 is 1.12 bits per heavy atom. The number of hydrogen-bond acceptors (Lipinski definition) is 2. The molecule has 2 unspecified atom stereocenters. The van der Waals surface area contributed by atoms with Gasteiger partial charge in [0.1, 0.15) is 6.04 Å². The molecular formula is C20H19BrN4S. The van der Waals surface area contributed by atoms with E-state index in [-0.39, 0.29) is 12.1 Å². The molecule has 1 aliphatic heterocycles. The van der Waals surface area contributed by atoms with Crippen LogP contribution >= 0.6 is 28.1 Å². The van der Waals surface area contributed by atoms with Crippen molar-refractivity contribution >= 4 is 38.9 Å². The highest BCUT2D eigenvalue weighted by Crippen LogP contribution is 2.41. The highest BCUT2D eigenvalue weighted by molar-refractivity contribution is 9.10. The topological polar surface area (TPSA) is 44.0 Å². The quantitative estimate of drug-likeness (QED) is 0.580. The minimum absolute atomic E-state index is 0.00618. The summed E-state index contributed by atoms with van der Waals surface area (Å²) in [6.45, 7) is 4.15. The third-order valence-electron chi connectivity index (χ3n) is 4.69. The standard InChI is InChI=1S/C20H19BrN4S/c1-12-11-14(7-8-15(12)21)25-19(17-9-6-13(2)23-17)18(24-20(25)26)16-5-3-4-10-22-16/h3-11,18-19,23H,1-2H3,(H,24,26). The number of nitrogens with zero attached hydrogens (tertiary/aromatic N) is 2. The molecule has 6 heteroatoms. The number of aromatic amines is 1. The number of nitrogens with one attached hydrogen (secondary N) is 2. The van der Waals surface area contributed by atoms with Crippen LogP contribution in [0.5, 0.6) is 0 Å². The molecule has 3 aromatic rings. The largest absolute Gasteiger partial charge is 0.361 e. The molecule has 0 amide bonds. The van der Waals surface area contributed by atoms with E-state index >= 15 is 0 Å². The number of rotatable bonds is 3. The van der Waals surface area contributed by atoms with Gasteiger partial charge in [-0.25, -0.2) is 0 Å². The second kappa shape index (κ2) is 6.85. The van der Waals surface area contributed by atoms with Crippen LogP contribution in [0.2, 0.25) is 0 Å². The second-order valence-electron chi connectivity index (χ2n) is 6.53. The molecule has 0 aliphatic carbocycles. The van der Waals surface area contributed by atoms with Crippen LogP contribution in [-0.2, 0) is 0 Å². The van der Waals surface area contributed by atoms with Gasteiger partial charge in [-0.2, -0.15) is 0 Å². The Bertz CT molecular complexity index is 953. The van der Waals surface area contributed by atoms with Crippen molar-refractivity contribution < 1.29 is 0 Å². The van der Waals surface area contributed by atoms with Crippen LogP contribution < -0.4 is 10.2 Å². The lowest BCUT2D eigenvalue weighted by Crippen LogP contribution is -2.29. The molecule has 1 saturated heterocycles. The summed E-state index contributed by atoms with van der Waals surface area (Å²) < 4.78 is 1.09. The first-order valence-electron chi connectivity index (χ1n) is 8.47. The van der Waals surface area contributed by atoms with Crippen LogP contribution in [0.15, 0.2) is 59.2 Å². The van der Waals surface area contributed by atoms with Crippen LogP contribution in [0.3, 0.4) is 0 Å². The van der Waals surface area contributed by atoms with E-state index in [4.69, 9.17) is 12.2 Å². The van der Waals surface area contributed by atoms with E-state index in [0.29, 0.717) is 5.11 Å². The smallest absolute Gasteiger partial charge is 0.174 e. The van der Waals surface area contributed by atoms with Crippen LogP contribution in [0.1, 0.15) is 34.7 Å². The summed E-state index contributed by atoms with van der Waals surface area (Å²) in [6, 6.07) is 16.5. The molecule has 0 radical (unpaired) electrons. The maximum atomic E-state index is 5.72. The van der Waals surface area contributed by atoms with Crippen molar-refractivity contribution in [3.8, 4) is 0 Å². The Morgan fingerprint density at radius 3 is 2.62 bits per heavy atom.